The van der Waals surface area contributed by atoms with Crippen molar-refractivity contribution in [1.82, 2.24) is 5.32 Å². The van der Waals surface area contributed by atoms with Gasteiger partial charge in [0.2, 0.25) is 10.0 Å². The van der Waals surface area contributed by atoms with Gasteiger partial charge in [0.25, 0.3) is 5.91 Å². The molecule has 0 bridgehead atoms. The average molecular weight is 328 g/mol. The number of carboxylic acids is 1. The van der Waals surface area contributed by atoms with E-state index in [1.165, 1.54) is 24.3 Å². The molecule has 0 aromatic heterocycles. The van der Waals surface area contributed by atoms with Crippen LogP contribution in [0.2, 0.25) is 0 Å². The fraction of sp³-hybridized carbons (Fsp3) is 0.429. The number of carbonyl (C=O) groups excluding carboxylic acids is 1. The second kappa shape index (κ2) is 7.26. The molecule has 1 aromatic carbocycles. The highest BCUT2D eigenvalue weighted by molar-refractivity contribution is 7.92. The SMILES string of the molecule is CC(C)CC(NC(=O)c1ccc(NS(C)(=O)=O)cc1)C(=O)O. The number of amides is 1. The molecule has 0 aliphatic rings. The largest absolute Gasteiger partial charge is 0.480 e. The van der Waals surface area contributed by atoms with E-state index >= 15 is 0 Å². The van der Waals surface area contributed by atoms with E-state index in [2.05, 4.69) is 10.0 Å². The van der Waals surface area contributed by atoms with Gasteiger partial charge in [-0.15, -0.1) is 0 Å². The van der Waals surface area contributed by atoms with Crippen LogP contribution in [0.4, 0.5) is 5.69 Å². The fourth-order valence-corrected chi connectivity index (χ4v) is 2.40. The normalized spacial score (nSPS) is 12.7. The number of sulfonamides is 1. The predicted octanol–water partition coefficient (Wildman–Crippen LogP) is 1.29. The lowest BCUT2D eigenvalue weighted by Crippen LogP contribution is -2.41. The topological polar surface area (TPSA) is 113 Å². The number of hydrogen-bond donors (Lipinski definition) is 3. The number of benzene rings is 1. The Morgan fingerprint density at radius 1 is 1.18 bits per heavy atom. The zero-order valence-corrected chi connectivity index (χ0v) is 13.5. The minimum Gasteiger partial charge on any atom is -0.480 e. The maximum atomic E-state index is 12.0. The molecule has 122 valence electrons. The summed E-state index contributed by atoms with van der Waals surface area (Å²) >= 11 is 0. The fourth-order valence-electron chi connectivity index (χ4n) is 1.84. The first-order valence-corrected chi connectivity index (χ1v) is 8.59. The minimum absolute atomic E-state index is 0.128. The van der Waals surface area contributed by atoms with Gasteiger partial charge in [-0.2, -0.15) is 0 Å². The number of aliphatic carboxylic acids is 1. The second-order valence-electron chi connectivity index (χ2n) is 5.45. The molecule has 0 saturated carbocycles. The van der Waals surface area contributed by atoms with Crippen molar-refractivity contribution in [3.63, 3.8) is 0 Å². The lowest BCUT2D eigenvalue weighted by atomic mass is 10.0. The molecule has 0 aliphatic heterocycles. The van der Waals surface area contributed by atoms with Crippen LogP contribution in [0.15, 0.2) is 24.3 Å². The quantitative estimate of drug-likeness (QED) is 0.698. The third-order valence-corrected chi connectivity index (χ3v) is 3.37. The summed E-state index contributed by atoms with van der Waals surface area (Å²) in [6, 6.07) is 4.78. The van der Waals surface area contributed by atoms with E-state index in [9.17, 15) is 18.0 Å². The van der Waals surface area contributed by atoms with Gasteiger partial charge in [0.15, 0.2) is 0 Å². The van der Waals surface area contributed by atoms with E-state index in [1.807, 2.05) is 13.8 Å². The number of carboxylic acid groups (broad SMARTS) is 1. The van der Waals surface area contributed by atoms with Crippen molar-refractivity contribution in [3.8, 4) is 0 Å². The summed E-state index contributed by atoms with van der Waals surface area (Å²) < 4.78 is 24.5. The van der Waals surface area contributed by atoms with Crippen molar-refractivity contribution in [3.05, 3.63) is 29.8 Å². The van der Waals surface area contributed by atoms with E-state index in [1.54, 1.807) is 0 Å². The van der Waals surface area contributed by atoms with Crippen molar-refractivity contribution < 1.29 is 23.1 Å². The molecule has 22 heavy (non-hydrogen) atoms. The highest BCUT2D eigenvalue weighted by atomic mass is 32.2. The van der Waals surface area contributed by atoms with Gasteiger partial charge in [-0.3, -0.25) is 9.52 Å². The molecule has 0 spiro atoms. The molecule has 0 radical (unpaired) electrons. The Kier molecular flexibility index (Phi) is 5.92. The van der Waals surface area contributed by atoms with Crippen LogP contribution in [0.3, 0.4) is 0 Å². The van der Waals surface area contributed by atoms with Crippen LogP contribution < -0.4 is 10.0 Å². The molecule has 1 amide bonds. The van der Waals surface area contributed by atoms with Crippen LogP contribution in [0.25, 0.3) is 0 Å². The van der Waals surface area contributed by atoms with Crippen molar-refractivity contribution >= 4 is 27.6 Å². The Morgan fingerprint density at radius 3 is 2.14 bits per heavy atom. The lowest BCUT2D eigenvalue weighted by Gasteiger charge is -2.16. The Hall–Kier alpha value is -2.09. The van der Waals surface area contributed by atoms with Gasteiger partial charge in [-0.1, -0.05) is 13.8 Å². The van der Waals surface area contributed by atoms with Gasteiger partial charge in [-0.05, 0) is 36.6 Å². The van der Waals surface area contributed by atoms with Gasteiger partial charge in [0, 0.05) is 11.3 Å². The lowest BCUT2D eigenvalue weighted by molar-refractivity contribution is -0.139. The Bertz CT molecular complexity index is 638. The van der Waals surface area contributed by atoms with Crippen LogP contribution in [-0.2, 0) is 14.8 Å². The van der Waals surface area contributed by atoms with Gasteiger partial charge in [-0.25, -0.2) is 13.2 Å². The van der Waals surface area contributed by atoms with Crippen molar-refractivity contribution in [2.24, 2.45) is 5.92 Å². The molecular weight excluding hydrogens is 308 g/mol. The van der Waals surface area contributed by atoms with E-state index in [0.29, 0.717) is 12.1 Å². The first-order valence-electron chi connectivity index (χ1n) is 6.70. The zero-order valence-electron chi connectivity index (χ0n) is 12.7. The third kappa shape index (κ3) is 6.13. The number of rotatable bonds is 7. The maximum absolute atomic E-state index is 12.0. The van der Waals surface area contributed by atoms with Crippen LogP contribution in [0, 0.1) is 5.92 Å². The van der Waals surface area contributed by atoms with Crippen molar-refractivity contribution in [2.75, 3.05) is 11.0 Å². The van der Waals surface area contributed by atoms with Gasteiger partial charge >= 0.3 is 5.97 Å². The monoisotopic (exact) mass is 328 g/mol. The highest BCUT2D eigenvalue weighted by Gasteiger charge is 2.21. The van der Waals surface area contributed by atoms with E-state index in [0.717, 1.165) is 6.26 Å². The number of carbonyl (C=O) groups is 2. The molecule has 1 aromatic rings. The molecule has 0 aliphatic carbocycles. The summed E-state index contributed by atoms with van der Waals surface area (Å²) in [6.45, 7) is 3.74. The Balaban J connectivity index is 2.78. The molecular formula is C14H20N2O5S. The predicted molar refractivity (Wildman–Crippen MR) is 83.3 cm³/mol. The molecule has 8 heteroatoms. The second-order valence-corrected chi connectivity index (χ2v) is 7.19. The molecule has 1 atom stereocenters. The molecule has 0 heterocycles. The van der Waals surface area contributed by atoms with Gasteiger partial charge in [0.1, 0.15) is 6.04 Å². The summed E-state index contributed by atoms with van der Waals surface area (Å²) in [5.74, 6) is -1.47. The maximum Gasteiger partial charge on any atom is 0.326 e. The standard InChI is InChI=1S/C14H20N2O5S/c1-9(2)8-12(14(18)19)15-13(17)10-4-6-11(7-5-10)16-22(3,20)21/h4-7,9,12,16H,8H2,1-3H3,(H,15,17)(H,18,19). The van der Waals surface area contributed by atoms with Crippen molar-refractivity contribution in [2.45, 2.75) is 26.3 Å². The molecule has 0 fully saturated rings. The zero-order chi connectivity index (χ0) is 16.9. The van der Waals surface area contributed by atoms with Gasteiger partial charge in [0.05, 0.1) is 6.26 Å². The van der Waals surface area contributed by atoms with Crippen LogP contribution in [0.1, 0.15) is 30.6 Å². The first kappa shape index (κ1) is 18.0. The minimum atomic E-state index is -3.38. The molecule has 7 nitrogen and oxygen atoms in total. The Labute approximate surface area is 129 Å². The van der Waals surface area contributed by atoms with Crippen LogP contribution in [0.5, 0.6) is 0 Å². The summed E-state index contributed by atoms with van der Waals surface area (Å²) in [5, 5.41) is 11.6. The van der Waals surface area contributed by atoms with E-state index in [-0.39, 0.29) is 11.5 Å². The smallest absolute Gasteiger partial charge is 0.326 e. The molecule has 0 saturated heterocycles. The summed E-state index contributed by atoms with van der Waals surface area (Å²) in [6.07, 6.45) is 1.35. The third-order valence-electron chi connectivity index (χ3n) is 2.76. The van der Waals surface area contributed by atoms with Crippen LogP contribution >= 0.6 is 0 Å². The average Bonchev–Trinajstić information content (AvgIpc) is 2.36. The van der Waals surface area contributed by atoms with Crippen LogP contribution in [-0.4, -0.2) is 37.7 Å². The summed E-state index contributed by atoms with van der Waals surface area (Å²) in [7, 11) is -3.38. The highest BCUT2D eigenvalue weighted by Crippen LogP contribution is 2.12. The molecule has 3 N–H and O–H groups in total. The molecule has 1 unspecified atom stereocenters. The summed E-state index contributed by atoms with van der Waals surface area (Å²) in [4.78, 5) is 23.1. The Morgan fingerprint density at radius 2 is 1.73 bits per heavy atom. The molecule has 1 rings (SSSR count). The van der Waals surface area contributed by atoms with E-state index in [4.69, 9.17) is 5.11 Å². The first-order chi connectivity index (χ1) is 10.1. The summed E-state index contributed by atoms with van der Waals surface area (Å²) in [5.41, 5.74) is 0.588. The van der Waals surface area contributed by atoms with Gasteiger partial charge < -0.3 is 10.4 Å². The number of anilines is 1. The number of hydrogen-bond acceptors (Lipinski definition) is 4. The van der Waals surface area contributed by atoms with Crippen molar-refractivity contribution in [1.29, 1.82) is 0 Å². The number of nitrogens with one attached hydrogen (secondary N) is 2. The van der Waals surface area contributed by atoms with E-state index < -0.39 is 27.9 Å².